The summed E-state index contributed by atoms with van der Waals surface area (Å²) in [6, 6.07) is 0. The quantitative estimate of drug-likeness (QED) is 0.537. The lowest BCUT2D eigenvalue weighted by Gasteiger charge is -2.00. The highest BCUT2D eigenvalue weighted by Crippen LogP contribution is 2.12. The van der Waals surface area contributed by atoms with E-state index in [1.807, 2.05) is 5.38 Å². The van der Waals surface area contributed by atoms with Crippen LogP contribution in [0.25, 0.3) is 0 Å². The van der Waals surface area contributed by atoms with Crippen molar-refractivity contribution in [3.63, 3.8) is 0 Å². The molecule has 3 nitrogen and oxygen atoms in total. The third-order valence-electron chi connectivity index (χ3n) is 1.60. The van der Waals surface area contributed by atoms with E-state index >= 15 is 0 Å². The van der Waals surface area contributed by atoms with Crippen molar-refractivity contribution >= 4 is 22.9 Å². The molecular formula is C9H14ClNO2S. The van der Waals surface area contributed by atoms with E-state index in [1.165, 1.54) is 0 Å². The lowest BCUT2D eigenvalue weighted by Crippen LogP contribution is -1.99. The monoisotopic (exact) mass is 235 g/mol. The molecule has 14 heavy (non-hydrogen) atoms. The van der Waals surface area contributed by atoms with Crippen LogP contribution < -0.4 is 0 Å². The number of ether oxygens (including phenoxy) is 2. The van der Waals surface area contributed by atoms with Crippen LogP contribution in [0.2, 0.25) is 0 Å². The Morgan fingerprint density at radius 2 is 2.36 bits per heavy atom. The van der Waals surface area contributed by atoms with Gasteiger partial charge in [-0.05, 0) is 6.42 Å². The van der Waals surface area contributed by atoms with Gasteiger partial charge in [-0.1, -0.05) is 0 Å². The number of methoxy groups -OCH3 is 1. The fourth-order valence-electron chi connectivity index (χ4n) is 0.941. The van der Waals surface area contributed by atoms with Gasteiger partial charge in [0.05, 0.1) is 18.2 Å². The third-order valence-corrected chi connectivity index (χ3v) is 2.74. The number of rotatable bonds is 7. The Labute approximate surface area is 93.0 Å². The predicted molar refractivity (Wildman–Crippen MR) is 57.8 cm³/mol. The SMILES string of the molecule is COCCCOCc1nc(CCl)cs1. The number of hydrogen-bond donors (Lipinski definition) is 0. The summed E-state index contributed by atoms with van der Waals surface area (Å²) in [4.78, 5) is 4.28. The van der Waals surface area contributed by atoms with Gasteiger partial charge in [0.25, 0.3) is 0 Å². The van der Waals surface area contributed by atoms with Crippen molar-refractivity contribution in [3.8, 4) is 0 Å². The Morgan fingerprint density at radius 3 is 3.00 bits per heavy atom. The Morgan fingerprint density at radius 1 is 1.50 bits per heavy atom. The fraction of sp³-hybridized carbons (Fsp3) is 0.667. The highest BCUT2D eigenvalue weighted by atomic mass is 35.5. The number of hydrogen-bond acceptors (Lipinski definition) is 4. The van der Waals surface area contributed by atoms with Gasteiger partial charge < -0.3 is 9.47 Å². The summed E-state index contributed by atoms with van der Waals surface area (Å²) in [5.74, 6) is 0.472. The van der Waals surface area contributed by atoms with Crippen LogP contribution in [0.5, 0.6) is 0 Å². The van der Waals surface area contributed by atoms with Crippen LogP contribution >= 0.6 is 22.9 Å². The van der Waals surface area contributed by atoms with Crippen LogP contribution in [0.15, 0.2) is 5.38 Å². The minimum atomic E-state index is 0.472. The summed E-state index contributed by atoms with van der Waals surface area (Å²) in [5, 5.41) is 2.94. The van der Waals surface area contributed by atoms with Gasteiger partial charge in [0.15, 0.2) is 0 Å². The summed E-state index contributed by atoms with van der Waals surface area (Å²) in [6.45, 7) is 2.03. The molecule has 1 aromatic rings. The summed E-state index contributed by atoms with van der Waals surface area (Å²) in [5.41, 5.74) is 0.923. The first-order chi connectivity index (χ1) is 6.86. The van der Waals surface area contributed by atoms with E-state index in [2.05, 4.69) is 4.98 Å². The summed E-state index contributed by atoms with van der Waals surface area (Å²) >= 11 is 7.22. The molecular weight excluding hydrogens is 222 g/mol. The van der Waals surface area contributed by atoms with Gasteiger partial charge in [-0.2, -0.15) is 0 Å². The average Bonchev–Trinajstić information content (AvgIpc) is 2.65. The van der Waals surface area contributed by atoms with Crippen LogP contribution in [0, 0.1) is 0 Å². The van der Waals surface area contributed by atoms with Gasteiger partial charge in [-0.3, -0.25) is 0 Å². The largest absolute Gasteiger partial charge is 0.385 e. The minimum Gasteiger partial charge on any atom is -0.385 e. The second-order valence-corrected chi connectivity index (χ2v) is 3.98. The molecule has 0 bridgehead atoms. The van der Waals surface area contributed by atoms with Crippen molar-refractivity contribution in [1.82, 2.24) is 4.98 Å². The summed E-state index contributed by atoms with van der Waals surface area (Å²) < 4.78 is 10.3. The van der Waals surface area contributed by atoms with Crippen LogP contribution in [0.1, 0.15) is 17.1 Å². The Kier molecular flexibility index (Phi) is 6.10. The average molecular weight is 236 g/mol. The minimum absolute atomic E-state index is 0.472. The molecule has 0 aliphatic carbocycles. The Bertz CT molecular complexity index is 255. The first kappa shape index (κ1) is 11.9. The maximum atomic E-state index is 5.63. The van der Waals surface area contributed by atoms with Crippen LogP contribution in [-0.4, -0.2) is 25.3 Å². The molecule has 1 rings (SSSR count). The van der Waals surface area contributed by atoms with Crippen LogP contribution in [0.3, 0.4) is 0 Å². The Hall–Kier alpha value is -0.160. The van der Waals surface area contributed by atoms with Gasteiger partial charge >= 0.3 is 0 Å². The second-order valence-electron chi connectivity index (χ2n) is 2.77. The third kappa shape index (κ3) is 4.37. The molecule has 0 spiro atoms. The molecule has 1 heterocycles. The zero-order valence-corrected chi connectivity index (χ0v) is 9.74. The van der Waals surface area contributed by atoms with E-state index in [0.29, 0.717) is 19.1 Å². The molecule has 0 saturated heterocycles. The number of halogens is 1. The van der Waals surface area contributed by atoms with Crippen LogP contribution in [-0.2, 0) is 22.0 Å². The molecule has 0 unspecified atom stereocenters. The first-order valence-electron chi connectivity index (χ1n) is 4.42. The molecule has 0 fully saturated rings. The lowest BCUT2D eigenvalue weighted by atomic mass is 10.5. The zero-order chi connectivity index (χ0) is 10.2. The lowest BCUT2D eigenvalue weighted by molar-refractivity contribution is 0.0927. The van der Waals surface area contributed by atoms with Crippen molar-refractivity contribution < 1.29 is 9.47 Å². The predicted octanol–water partition coefficient (Wildman–Crippen LogP) is 2.44. The van der Waals surface area contributed by atoms with Crippen molar-refractivity contribution in [2.75, 3.05) is 20.3 Å². The summed E-state index contributed by atoms with van der Waals surface area (Å²) in [6.07, 6.45) is 0.921. The molecule has 0 atom stereocenters. The molecule has 1 aromatic heterocycles. The highest BCUT2D eigenvalue weighted by Gasteiger charge is 2.00. The molecule has 0 radical (unpaired) electrons. The van der Waals surface area contributed by atoms with E-state index in [0.717, 1.165) is 23.7 Å². The number of thiazole rings is 1. The molecule has 0 amide bonds. The van der Waals surface area contributed by atoms with Gasteiger partial charge in [-0.15, -0.1) is 22.9 Å². The normalized spacial score (nSPS) is 10.7. The Balaban J connectivity index is 2.12. The van der Waals surface area contributed by atoms with E-state index in [-0.39, 0.29) is 0 Å². The maximum absolute atomic E-state index is 5.63. The van der Waals surface area contributed by atoms with Gasteiger partial charge in [0, 0.05) is 25.7 Å². The van der Waals surface area contributed by atoms with Gasteiger partial charge in [0.1, 0.15) is 5.01 Å². The molecule has 80 valence electrons. The number of aromatic nitrogens is 1. The van der Waals surface area contributed by atoms with Gasteiger partial charge in [0.2, 0.25) is 0 Å². The standard InChI is InChI=1S/C9H14ClNO2S/c1-12-3-2-4-13-6-9-11-8(5-10)7-14-9/h7H,2-6H2,1H3. The zero-order valence-electron chi connectivity index (χ0n) is 8.16. The molecule has 5 heteroatoms. The fourth-order valence-corrected chi connectivity index (χ4v) is 1.90. The highest BCUT2D eigenvalue weighted by molar-refractivity contribution is 7.09. The van der Waals surface area contributed by atoms with Crippen molar-refractivity contribution in [3.05, 3.63) is 16.1 Å². The van der Waals surface area contributed by atoms with Crippen LogP contribution in [0.4, 0.5) is 0 Å². The van der Waals surface area contributed by atoms with Gasteiger partial charge in [-0.25, -0.2) is 4.98 Å². The second kappa shape index (κ2) is 7.17. The van der Waals surface area contributed by atoms with Crippen molar-refractivity contribution in [1.29, 1.82) is 0 Å². The van der Waals surface area contributed by atoms with E-state index < -0.39 is 0 Å². The topological polar surface area (TPSA) is 31.4 Å². The molecule has 0 aliphatic heterocycles. The van der Waals surface area contributed by atoms with E-state index in [4.69, 9.17) is 21.1 Å². The first-order valence-corrected chi connectivity index (χ1v) is 5.84. The maximum Gasteiger partial charge on any atom is 0.119 e. The molecule has 0 aliphatic rings. The van der Waals surface area contributed by atoms with E-state index in [9.17, 15) is 0 Å². The smallest absolute Gasteiger partial charge is 0.119 e. The molecule has 0 saturated carbocycles. The van der Waals surface area contributed by atoms with Crippen molar-refractivity contribution in [2.24, 2.45) is 0 Å². The van der Waals surface area contributed by atoms with Crippen molar-refractivity contribution in [2.45, 2.75) is 18.9 Å². The van der Waals surface area contributed by atoms with E-state index in [1.54, 1.807) is 18.4 Å². The number of alkyl halides is 1. The molecule has 0 aromatic carbocycles. The number of nitrogens with zero attached hydrogens (tertiary/aromatic N) is 1. The molecule has 0 N–H and O–H groups in total. The summed E-state index contributed by atoms with van der Waals surface area (Å²) in [7, 11) is 1.69.